The molecule has 0 spiro atoms. The van der Waals surface area contributed by atoms with E-state index in [9.17, 15) is 9.59 Å². The molecule has 0 saturated heterocycles. The van der Waals surface area contributed by atoms with Gasteiger partial charge >= 0.3 is 12.0 Å². The predicted molar refractivity (Wildman–Crippen MR) is 74.8 cm³/mol. The molecule has 1 aliphatic rings. The molecule has 1 aromatic rings. The summed E-state index contributed by atoms with van der Waals surface area (Å²) in [5.74, 6) is -1.05. The molecule has 1 heterocycles. The van der Waals surface area contributed by atoms with Crippen molar-refractivity contribution < 1.29 is 14.7 Å². The first-order valence-electron chi connectivity index (χ1n) is 6.94. The van der Waals surface area contributed by atoms with Crippen LogP contribution in [0.25, 0.3) is 0 Å². The fraction of sp³-hybridized carbons (Fsp3) is 0.615. The molecule has 8 nitrogen and oxygen atoms in total. The second-order valence-corrected chi connectivity index (χ2v) is 5.30. The van der Waals surface area contributed by atoms with Crippen LogP contribution in [0.2, 0.25) is 0 Å². The van der Waals surface area contributed by atoms with Gasteiger partial charge in [-0.2, -0.15) is 5.10 Å². The molecule has 0 aliphatic heterocycles. The number of carbonyl (C=O) groups excluding carboxylic acids is 1. The maximum absolute atomic E-state index is 11.9. The number of carbonyl (C=O) groups is 2. The molecule has 0 radical (unpaired) electrons. The number of aliphatic carboxylic acids is 1. The number of anilines is 1. The first-order valence-corrected chi connectivity index (χ1v) is 6.94. The SMILES string of the molecule is Cc1nnc(NC(=O)NC2CCCC(C(=O)O)C2)nc1C. The Morgan fingerprint density at radius 1 is 1.19 bits per heavy atom. The first-order chi connectivity index (χ1) is 9.95. The molecule has 2 unspecified atom stereocenters. The highest BCUT2D eigenvalue weighted by Crippen LogP contribution is 2.24. The van der Waals surface area contributed by atoms with Crippen molar-refractivity contribution in [2.45, 2.75) is 45.6 Å². The van der Waals surface area contributed by atoms with E-state index < -0.39 is 12.0 Å². The van der Waals surface area contributed by atoms with Crippen LogP contribution in [0.5, 0.6) is 0 Å². The van der Waals surface area contributed by atoms with E-state index >= 15 is 0 Å². The summed E-state index contributed by atoms with van der Waals surface area (Å²) in [7, 11) is 0. The molecule has 2 rings (SSSR count). The van der Waals surface area contributed by atoms with E-state index in [0.29, 0.717) is 24.2 Å². The third-order valence-corrected chi connectivity index (χ3v) is 3.68. The number of hydrogen-bond acceptors (Lipinski definition) is 5. The smallest absolute Gasteiger partial charge is 0.321 e. The molecule has 114 valence electrons. The summed E-state index contributed by atoms with van der Waals surface area (Å²) in [5, 5.41) is 22.0. The molecular formula is C13H19N5O3. The Hall–Kier alpha value is -2.25. The number of carboxylic acids is 1. The van der Waals surface area contributed by atoms with Crippen LogP contribution in [0, 0.1) is 19.8 Å². The highest BCUT2D eigenvalue weighted by atomic mass is 16.4. The van der Waals surface area contributed by atoms with E-state index in [1.165, 1.54) is 0 Å². The number of amides is 2. The normalized spacial score (nSPS) is 21.6. The Balaban J connectivity index is 1.89. The minimum Gasteiger partial charge on any atom is -0.481 e. The van der Waals surface area contributed by atoms with Gasteiger partial charge in [-0.05, 0) is 33.1 Å². The van der Waals surface area contributed by atoms with Gasteiger partial charge in [0, 0.05) is 6.04 Å². The largest absolute Gasteiger partial charge is 0.481 e. The van der Waals surface area contributed by atoms with Gasteiger partial charge in [-0.15, -0.1) is 5.10 Å². The predicted octanol–water partition coefficient (Wildman–Crippen LogP) is 1.25. The zero-order valence-electron chi connectivity index (χ0n) is 12.1. The van der Waals surface area contributed by atoms with Gasteiger partial charge in [0.2, 0.25) is 0 Å². The van der Waals surface area contributed by atoms with Gasteiger partial charge in [0.25, 0.3) is 5.95 Å². The molecule has 2 atom stereocenters. The lowest BCUT2D eigenvalue weighted by Gasteiger charge is -2.27. The molecule has 1 aliphatic carbocycles. The highest BCUT2D eigenvalue weighted by Gasteiger charge is 2.27. The number of aryl methyl sites for hydroxylation is 2. The molecule has 21 heavy (non-hydrogen) atoms. The zero-order chi connectivity index (χ0) is 15.4. The molecule has 3 N–H and O–H groups in total. The maximum Gasteiger partial charge on any atom is 0.321 e. The van der Waals surface area contributed by atoms with Crippen LogP contribution in [0.15, 0.2) is 0 Å². The van der Waals surface area contributed by atoms with E-state index in [2.05, 4.69) is 25.8 Å². The van der Waals surface area contributed by atoms with Crippen molar-refractivity contribution >= 4 is 17.9 Å². The summed E-state index contributed by atoms with van der Waals surface area (Å²) >= 11 is 0. The van der Waals surface area contributed by atoms with Crippen molar-refractivity contribution in [1.29, 1.82) is 0 Å². The van der Waals surface area contributed by atoms with E-state index in [0.717, 1.165) is 12.8 Å². The quantitative estimate of drug-likeness (QED) is 0.772. The summed E-state index contributed by atoms with van der Waals surface area (Å²) in [6.07, 6.45) is 2.70. The topological polar surface area (TPSA) is 117 Å². The van der Waals surface area contributed by atoms with E-state index in [4.69, 9.17) is 5.11 Å². The third-order valence-electron chi connectivity index (χ3n) is 3.68. The van der Waals surface area contributed by atoms with Crippen LogP contribution >= 0.6 is 0 Å². The molecule has 1 fully saturated rings. The van der Waals surface area contributed by atoms with Gasteiger partial charge in [0.05, 0.1) is 17.3 Å². The van der Waals surface area contributed by atoms with Crippen molar-refractivity contribution in [2.75, 3.05) is 5.32 Å². The number of nitrogens with zero attached hydrogens (tertiary/aromatic N) is 3. The van der Waals surface area contributed by atoms with Crippen molar-refractivity contribution in [2.24, 2.45) is 5.92 Å². The number of rotatable bonds is 3. The van der Waals surface area contributed by atoms with Gasteiger partial charge < -0.3 is 10.4 Å². The van der Waals surface area contributed by atoms with E-state index in [1.54, 1.807) is 13.8 Å². The summed E-state index contributed by atoms with van der Waals surface area (Å²) in [6.45, 7) is 3.57. The van der Waals surface area contributed by atoms with E-state index in [1.807, 2.05) is 0 Å². The van der Waals surface area contributed by atoms with Crippen molar-refractivity contribution in [3.05, 3.63) is 11.4 Å². The Kier molecular flexibility index (Phi) is 4.66. The van der Waals surface area contributed by atoms with Gasteiger partial charge in [-0.25, -0.2) is 9.78 Å². The monoisotopic (exact) mass is 293 g/mol. The fourth-order valence-corrected chi connectivity index (χ4v) is 2.38. The summed E-state index contributed by atoms with van der Waals surface area (Å²) in [4.78, 5) is 27.0. The number of carboxylic acid groups (broad SMARTS) is 1. The molecule has 1 saturated carbocycles. The van der Waals surface area contributed by atoms with E-state index in [-0.39, 0.29) is 17.9 Å². The van der Waals surface area contributed by atoms with Crippen LogP contribution < -0.4 is 10.6 Å². The summed E-state index contributed by atoms with van der Waals surface area (Å²) in [5.41, 5.74) is 1.40. The van der Waals surface area contributed by atoms with Gasteiger partial charge in [-0.1, -0.05) is 6.42 Å². The van der Waals surface area contributed by atoms with Crippen LogP contribution in [-0.2, 0) is 4.79 Å². The second-order valence-electron chi connectivity index (χ2n) is 5.30. The van der Waals surface area contributed by atoms with Gasteiger partial charge in [-0.3, -0.25) is 10.1 Å². The number of aromatic nitrogens is 3. The molecule has 8 heteroatoms. The second kappa shape index (κ2) is 6.47. The molecule has 0 bridgehead atoms. The fourth-order valence-electron chi connectivity index (χ4n) is 2.38. The molecule has 2 amide bonds. The van der Waals surface area contributed by atoms with Crippen LogP contribution in [0.1, 0.15) is 37.1 Å². The number of hydrogen-bond donors (Lipinski definition) is 3. The van der Waals surface area contributed by atoms with Crippen LogP contribution in [0.4, 0.5) is 10.7 Å². The highest BCUT2D eigenvalue weighted by molar-refractivity contribution is 5.87. The van der Waals surface area contributed by atoms with Crippen LogP contribution in [0.3, 0.4) is 0 Å². The van der Waals surface area contributed by atoms with Gasteiger partial charge in [0.1, 0.15) is 0 Å². The first kappa shape index (κ1) is 15.1. The Labute approximate surface area is 122 Å². The Morgan fingerprint density at radius 2 is 1.95 bits per heavy atom. The average molecular weight is 293 g/mol. The van der Waals surface area contributed by atoms with Crippen molar-refractivity contribution in [1.82, 2.24) is 20.5 Å². The Morgan fingerprint density at radius 3 is 2.62 bits per heavy atom. The minimum absolute atomic E-state index is 0.139. The average Bonchev–Trinajstić information content (AvgIpc) is 2.43. The number of urea groups is 1. The lowest BCUT2D eigenvalue weighted by Crippen LogP contribution is -2.42. The molecular weight excluding hydrogens is 274 g/mol. The van der Waals surface area contributed by atoms with Crippen LogP contribution in [-0.4, -0.2) is 38.3 Å². The molecule has 1 aromatic heterocycles. The zero-order valence-corrected chi connectivity index (χ0v) is 12.1. The molecule has 0 aromatic carbocycles. The lowest BCUT2D eigenvalue weighted by molar-refractivity contribution is -0.143. The maximum atomic E-state index is 11.9. The number of nitrogens with one attached hydrogen (secondary N) is 2. The third kappa shape index (κ3) is 4.11. The minimum atomic E-state index is -0.802. The lowest BCUT2D eigenvalue weighted by atomic mass is 9.86. The summed E-state index contributed by atoms with van der Waals surface area (Å²) in [6, 6.07) is -0.574. The van der Waals surface area contributed by atoms with Crippen molar-refractivity contribution in [3.8, 4) is 0 Å². The van der Waals surface area contributed by atoms with Crippen molar-refractivity contribution in [3.63, 3.8) is 0 Å². The Bertz CT molecular complexity index is 549. The standard InChI is InChI=1S/C13H19N5O3/c1-7-8(2)17-18-12(14-7)16-13(21)15-10-5-3-4-9(6-10)11(19)20/h9-10H,3-6H2,1-2H3,(H,19,20)(H2,14,15,16,18,21). The summed E-state index contributed by atoms with van der Waals surface area (Å²) < 4.78 is 0. The van der Waals surface area contributed by atoms with Gasteiger partial charge in [0.15, 0.2) is 0 Å².